The summed E-state index contributed by atoms with van der Waals surface area (Å²) in [6.07, 6.45) is 2.40. The van der Waals surface area contributed by atoms with Gasteiger partial charge in [-0.3, -0.25) is 0 Å². The maximum atomic E-state index is 6.13. The summed E-state index contributed by atoms with van der Waals surface area (Å²) >= 11 is 0. The molecule has 0 amide bonds. The molecule has 0 saturated carbocycles. The molecule has 0 unspecified atom stereocenters. The van der Waals surface area contributed by atoms with Crippen LogP contribution in [-0.2, 0) is 6.54 Å². The molecule has 0 aromatic heterocycles. The zero-order valence-corrected chi connectivity index (χ0v) is 15.6. The molecule has 0 bridgehead atoms. The summed E-state index contributed by atoms with van der Waals surface area (Å²) in [6, 6.07) is 19.9. The average Bonchev–Trinajstić information content (AvgIpc) is 2.61. The molecule has 1 aliphatic heterocycles. The quantitative estimate of drug-likeness (QED) is 0.845. The minimum Gasteiger partial charge on any atom is -0.488 e. The molecule has 0 radical (unpaired) electrons. The fourth-order valence-corrected chi connectivity index (χ4v) is 3.44. The molecule has 0 aliphatic carbocycles. The van der Waals surface area contributed by atoms with Gasteiger partial charge in [0.05, 0.1) is 0 Å². The van der Waals surface area contributed by atoms with Gasteiger partial charge in [-0.15, -0.1) is 0 Å². The van der Waals surface area contributed by atoms with Crippen molar-refractivity contribution in [3.05, 3.63) is 65.7 Å². The second kappa shape index (κ2) is 8.03. The van der Waals surface area contributed by atoms with Crippen molar-refractivity contribution in [3.8, 4) is 5.75 Å². The summed E-state index contributed by atoms with van der Waals surface area (Å²) in [5.41, 5.74) is 2.39. The van der Waals surface area contributed by atoms with Crippen molar-refractivity contribution in [2.75, 3.05) is 6.54 Å². The van der Waals surface area contributed by atoms with E-state index in [-0.39, 0.29) is 5.60 Å². The van der Waals surface area contributed by atoms with E-state index in [2.05, 4.69) is 79.9 Å². The number of hydrogen-bond donors (Lipinski definition) is 2. The number of ether oxygens (including phenoxy) is 1. The van der Waals surface area contributed by atoms with E-state index in [1.165, 1.54) is 24.0 Å². The Hall–Kier alpha value is -1.84. The minimum absolute atomic E-state index is 0.185. The van der Waals surface area contributed by atoms with Crippen LogP contribution < -0.4 is 15.4 Å². The Labute approximate surface area is 151 Å². The van der Waals surface area contributed by atoms with Crippen LogP contribution in [0, 0.1) is 0 Å². The molecular weight excluding hydrogens is 308 g/mol. The summed E-state index contributed by atoms with van der Waals surface area (Å²) in [7, 11) is 0. The molecule has 1 fully saturated rings. The fourth-order valence-electron chi connectivity index (χ4n) is 3.44. The van der Waals surface area contributed by atoms with Crippen LogP contribution in [0.25, 0.3) is 0 Å². The Morgan fingerprint density at radius 3 is 2.52 bits per heavy atom. The van der Waals surface area contributed by atoms with Gasteiger partial charge in [-0.05, 0) is 51.8 Å². The Kier molecular flexibility index (Phi) is 5.77. The standard InChI is InChI=1S/C22H30N2O/c1-22(2,3)25-20-14-8-7-12-18(20)16-24-19-13-9-15-23-21(19)17-10-5-4-6-11-17/h4-8,10-12,14,19,21,23-24H,9,13,15-16H2,1-3H3/t19-,21-/m1/s1. The van der Waals surface area contributed by atoms with Gasteiger partial charge in [0.2, 0.25) is 0 Å². The molecule has 1 saturated heterocycles. The number of nitrogens with one attached hydrogen (secondary N) is 2. The number of piperidine rings is 1. The zero-order chi connectivity index (χ0) is 17.7. The van der Waals surface area contributed by atoms with Crippen molar-refractivity contribution in [2.45, 2.75) is 57.8 Å². The molecule has 2 atom stereocenters. The first-order valence-corrected chi connectivity index (χ1v) is 9.31. The molecule has 134 valence electrons. The summed E-state index contributed by atoms with van der Waals surface area (Å²) in [5.74, 6) is 0.975. The Bertz CT molecular complexity index is 663. The van der Waals surface area contributed by atoms with Crippen molar-refractivity contribution >= 4 is 0 Å². The molecular formula is C22H30N2O. The van der Waals surface area contributed by atoms with Gasteiger partial charge in [0.15, 0.2) is 0 Å². The van der Waals surface area contributed by atoms with Crippen LogP contribution >= 0.6 is 0 Å². The third kappa shape index (κ3) is 5.07. The number of benzene rings is 2. The predicted molar refractivity (Wildman–Crippen MR) is 104 cm³/mol. The highest BCUT2D eigenvalue weighted by Crippen LogP contribution is 2.26. The third-order valence-corrected chi connectivity index (χ3v) is 4.56. The average molecular weight is 338 g/mol. The summed E-state index contributed by atoms with van der Waals surface area (Å²) in [5, 5.41) is 7.45. The molecule has 3 heteroatoms. The zero-order valence-electron chi connectivity index (χ0n) is 15.6. The minimum atomic E-state index is -0.185. The lowest BCUT2D eigenvalue weighted by Crippen LogP contribution is -2.45. The van der Waals surface area contributed by atoms with Crippen LogP contribution in [-0.4, -0.2) is 18.2 Å². The lowest BCUT2D eigenvalue weighted by molar-refractivity contribution is 0.129. The van der Waals surface area contributed by atoms with Crippen molar-refractivity contribution in [1.82, 2.24) is 10.6 Å². The molecule has 1 aliphatic rings. The molecule has 2 aromatic rings. The number of hydrogen-bond acceptors (Lipinski definition) is 3. The van der Waals surface area contributed by atoms with Gasteiger partial charge in [-0.1, -0.05) is 48.5 Å². The maximum absolute atomic E-state index is 6.13. The van der Waals surface area contributed by atoms with E-state index in [4.69, 9.17) is 4.74 Å². The highest BCUT2D eigenvalue weighted by molar-refractivity contribution is 5.34. The predicted octanol–water partition coefficient (Wildman–Crippen LogP) is 4.45. The van der Waals surface area contributed by atoms with E-state index in [0.717, 1.165) is 18.8 Å². The molecule has 2 aromatic carbocycles. The first-order valence-electron chi connectivity index (χ1n) is 9.31. The molecule has 25 heavy (non-hydrogen) atoms. The van der Waals surface area contributed by atoms with Crippen LogP contribution in [0.5, 0.6) is 5.75 Å². The monoisotopic (exact) mass is 338 g/mol. The number of para-hydroxylation sites is 1. The first-order chi connectivity index (χ1) is 12.0. The Balaban J connectivity index is 1.70. The Morgan fingerprint density at radius 2 is 1.76 bits per heavy atom. The van der Waals surface area contributed by atoms with Crippen molar-refractivity contribution in [3.63, 3.8) is 0 Å². The molecule has 3 rings (SSSR count). The topological polar surface area (TPSA) is 33.3 Å². The summed E-state index contributed by atoms with van der Waals surface area (Å²) in [4.78, 5) is 0. The van der Waals surface area contributed by atoms with Gasteiger partial charge in [-0.25, -0.2) is 0 Å². The van der Waals surface area contributed by atoms with Gasteiger partial charge in [-0.2, -0.15) is 0 Å². The van der Waals surface area contributed by atoms with Gasteiger partial charge in [0, 0.05) is 24.2 Å². The normalized spacial score (nSPS) is 21.1. The second-order valence-corrected chi connectivity index (χ2v) is 7.79. The lowest BCUT2D eigenvalue weighted by Gasteiger charge is -2.34. The SMILES string of the molecule is CC(C)(C)Oc1ccccc1CN[C@@H]1CCCN[C@@H]1c1ccccc1. The summed E-state index contributed by atoms with van der Waals surface area (Å²) < 4.78 is 6.13. The van der Waals surface area contributed by atoms with Crippen LogP contribution in [0.4, 0.5) is 0 Å². The van der Waals surface area contributed by atoms with Gasteiger partial charge >= 0.3 is 0 Å². The van der Waals surface area contributed by atoms with Gasteiger partial charge < -0.3 is 15.4 Å². The van der Waals surface area contributed by atoms with Crippen LogP contribution in [0.3, 0.4) is 0 Å². The van der Waals surface area contributed by atoms with Crippen molar-refractivity contribution < 1.29 is 4.74 Å². The van der Waals surface area contributed by atoms with E-state index in [1.807, 2.05) is 6.07 Å². The lowest BCUT2D eigenvalue weighted by atomic mass is 9.92. The smallest absolute Gasteiger partial charge is 0.124 e. The van der Waals surface area contributed by atoms with Crippen LogP contribution in [0.1, 0.15) is 50.8 Å². The van der Waals surface area contributed by atoms with E-state index in [1.54, 1.807) is 0 Å². The Morgan fingerprint density at radius 1 is 1.04 bits per heavy atom. The number of rotatable bonds is 5. The largest absolute Gasteiger partial charge is 0.488 e. The molecule has 2 N–H and O–H groups in total. The van der Waals surface area contributed by atoms with Crippen molar-refractivity contribution in [2.24, 2.45) is 0 Å². The first kappa shape index (κ1) is 18.0. The molecule has 0 spiro atoms. The fraction of sp³-hybridized carbons (Fsp3) is 0.455. The summed E-state index contributed by atoms with van der Waals surface area (Å²) in [6.45, 7) is 8.18. The third-order valence-electron chi connectivity index (χ3n) is 4.56. The van der Waals surface area contributed by atoms with E-state index >= 15 is 0 Å². The maximum Gasteiger partial charge on any atom is 0.124 e. The van der Waals surface area contributed by atoms with Crippen molar-refractivity contribution in [1.29, 1.82) is 0 Å². The molecule has 3 nitrogen and oxygen atoms in total. The van der Waals surface area contributed by atoms with Gasteiger partial charge in [0.25, 0.3) is 0 Å². The highest BCUT2D eigenvalue weighted by Gasteiger charge is 2.26. The van der Waals surface area contributed by atoms with Crippen LogP contribution in [0.15, 0.2) is 54.6 Å². The van der Waals surface area contributed by atoms with E-state index in [0.29, 0.717) is 12.1 Å². The van der Waals surface area contributed by atoms with E-state index in [9.17, 15) is 0 Å². The second-order valence-electron chi connectivity index (χ2n) is 7.79. The van der Waals surface area contributed by atoms with Gasteiger partial charge in [0.1, 0.15) is 11.4 Å². The molecule has 1 heterocycles. The van der Waals surface area contributed by atoms with E-state index < -0.39 is 0 Å². The highest BCUT2D eigenvalue weighted by atomic mass is 16.5. The van der Waals surface area contributed by atoms with Crippen LogP contribution in [0.2, 0.25) is 0 Å².